The zero-order chi connectivity index (χ0) is 13.1. The van der Waals surface area contributed by atoms with Crippen LogP contribution in [-0.2, 0) is 0 Å². The quantitative estimate of drug-likeness (QED) is 0.686. The molecule has 1 aromatic carbocycles. The lowest BCUT2D eigenvalue weighted by molar-refractivity contribution is 1.45. The highest BCUT2D eigenvalue weighted by molar-refractivity contribution is 7.11. The smallest absolute Gasteiger partial charge is 0.102 e. The molecule has 0 unspecified atom stereocenters. The SMILES string of the molecule is Cc1cccc(/C(Cl)=C(/C#N)c2cccs2)c1Cl. The summed E-state index contributed by atoms with van der Waals surface area (Å²) in [5, 5.41) is 12.2. The van der Waals surface area contributed by atoms with Crippen molar-refractivity contribution < 1.29 is 0 Å². The van der Waals surface area contributed by atoms with Crippen molar-refractivity contribution in [1.29, 1.82) is 5.26 Å². The molecule has 0 spiro atoms. The average Bonchev–Trinajstić information content (AvgIpc) is 2.87. The highest BCUT2D eigenvalue weighted by Crippen LogP contribution is 2.35. The summed E-state index contributed by atoms with van der Waals surface area (Å²) in [4.78, 5) is 0.847. The van der Waals surface area contributed by atoms with Crippen LogP contribution in [0.3, 0.4) is 0 Å². The highest BCUT2D eigenvalue weighted by Gasteiger charge is 2.13. The number of rotatable bonds is 2. The lowest BCUT2D eigenvalue weighted by atomic mass is 10.1. The molecule has 0 N–H and O–H groups in total. The molecule has 0 aliphatic rings. The van der Waals surface area contributed by atoms with E-state index in [1.807, 2.05) is 42.6 Å². The van der Waals surface area contributed by atoms with E-state index >= 15 is 0 Å². The lowest BCUT2D eigenvalue weighted by Gasteiger charge is -2.07. The third-order valence-electron chi connectivity index (χ3n) is 2.53. The maximum absolute atomic E-state index is 9.26. The molecule has 2 aromatic rings. The van der Waals surface area contributed by atoms with Crippen molar-refractivity contribution in [3.63, 3.8) is 0 Å². The van der Waals surface area contributed by atoms with E-state index in [0.29, 0.717) is 21.2 Å². The Morgan fingerprint density at radius 1 is 1.28 bits per heavy atom. The maximum Gasteiger partial charge on any atom is 0.102 e. The number of hydrogen-bond donors (Lipinski definition) is 0. The molecule has 0 aliphatic heterocycles. The first-order valence-corrected chi connectivity index (χ1v) is 6.88. The van der Waals surface area contributed by atoms with Gasteiger partial charge in [0.2, 0.25) is 0 Å². The summed E-state index contributed by atoms with van der Waals surface area (Å²) < 4.78 is 0. The second-order valence-electron chi connectivity index (χ2n) is 3.71. The first-order valence-electron chi connectivity index (χ1n) is 5.24. The van der Waals surface area contributed by atoms with Gasteiger partial charge in [-0.15, -0.1) is 11.3 Å². The summed E-state index contributed by atoms with van der Waals surface area (Å²) in [5.41, 5.74) is 2.10. The van der Waals surface area contributed by atoms with Crippen molar-refractivity contribution in [2.24, 2.45) is 0 Å². The van der Waals surface area contributed by atoms with Gasteiger partial charge in [0.25, 0.3) is 0 Å². The molecule has 4 heteroatoms. The van der Waals surface area contributed by atoms with Crippen LogP contribution >= 0.6 is 34.5 Å². The molecule has 18 heavy (non-hydrogen) atoms. The van der Waals surface area contributed by atoms with Crippen molar-refractivity contribution >= 4 is 45.1 Å². The minimum Gasteiger partial charge on any atom is -0.192 e. The van der Waals surface area contributed by atoms with E-state index in [0.717, 1.165) is 10.4 Å². The molecule has 0 amide bonds. The van der Waals surface area contributed by atoms with Crippen LogP contribution in [0, 0.1) is 18.3 Å². The number of benzene rings is 1. The first-order chi connectivity index (χ1) is 8.65. The van der Waals surface area contributed by atoms with E-state index in [1.165, 1.54) is 11.3 Å². The van der Waals surface area contributed by atoms with Gasteiger partial charge in [-0.1, -0.05) is 47.5 Å². The van der Waals surface area contributed by atoms with E-state index in [-0.39, 0.29) is 0 Å². The number of thiophene rings is 1. The van der Waals surface area contributed by atoms with Gasteiger partial charge < -0.3 is 0 Å². The fourth-order valence-electron chi connectivity index (χ4n) is 1.58. The van der Waals surface area contributed by atoms with Gasteiger partial charge in [-0.3, -0.25) is 0 Å². The predicted octanol–water partition coefficient (Wildman–Crippen LogP) is 5.34. The van der Waals surface area contributed by atoms with Crippen LogP contribution in [0.1, 0.15) is 16.0 Å². The van der Waals surface area contributed by atoms with E-state index in [4.69, 9.17) is 23.2 Å². The van der Waals surface area contributed by atoms with Crippen molar-refractivity contribution in [1.82, 2.24) is 0 Å². The third-order valence-corrected chi connectivity index (χ3v) is 4.31. The lowest BCUT2D eigenvalue weighted by Crippen LogP contribution is -1.87. The summed E-state index contributed by atoms with van der Waals surface area (Å²) in [5.74, 6) is 0. The van der Waals surface area contributed by atoms with Crippen LogP contribution < -0.4 is 0 Å². The molecule has 90 valence electrons. The van der Waals surface area contributed by atoms with Crippen LogP contribution in [0.4, 0.5) is 0 Å². The summed E-state index contributed by atoms with van der Waals surface area (Å²) in [6.45, 7) is 1.91. The number of nitrogens with zero attached hydrogens (tertiary/aromatic N) is 1. The monoisotopic (exact) mass is 293 g/mol. The standard InChI is InChI=1S/C14H9Cl2NS/c1-9-4-2-5-10(13(9)15)14(16)11(8-17)12-6-3-7-18-12/h2-7H,1H3/b14-11+. The van der Waals surface area contributed by atoms with E-state index < -0.39 is 0 Å². The molecule has 1 aromatic heterocycles. The normalized spacial score (nSPS) is 11.9. The molecular weight excluding hydrogens is 285 g/mol. The largest absolute Gasteiger partial charge is 0.192 e. The Bertz CT molecular complexity index is 636. The Labute approximate surface area is 120 Å². The molecule has 0 radical (unpaired) electrons. The number of halogens is 2. The molecule has 2 rings (SSSR count). The van der Waals surface area contributed by atoms with Crippen LogP contribution in [0.15, 0.2) is 35.7 Å². The number of aryl methyl sites for hydroxylation is 1. The van der Waals surface area contributed by atoms with Gasteiger partial charge in [-0.2, -0.15) is 5.26 Å². The van der Waals surface area contributed by atoms with Crippen molar-refractivity contribution in [2.45, 2.75) is 6.92 Å². The van der Waals surface area contributed by atoms with Gasteiger partial charge >= 0.3 is 0 Å². The average molecular weight is 294 g/mol. The summed E-state index contributed by atoms with van der Waals surface area (Å²) in [7, 11) is 0. The minimum absolute atomic E-state index is 0.397. The van der Waals surface area contributed by atoms with E-state index in [2.05, 4.69) is 6.07 Å². The van der Waals surface area contributed by atoms with Gasteiger partial charge in [0.1, 0.15) is 6.07 Å². The van der Waals surface area contributed by atoms with Gasteiger partial charge in [0.15, 0.2) is 0 Å². The first kappa shape index (κ1) is 13.2. The molecular formula is C14H9Cl2NS. The Balaban J connectivity index is 2.62. The zero-order valence-corrected chi connectivity index (χ0v) is 11.9. The van der Waals surface area contributed by atoms with Crippen molar-refractivity contribution in [3.05, 3.63) is 56.7 Å². The van der Waals surface area contributed by atoms with Crippen LogP contribution in [0.5, 0.6) is 0 Å². The molecule has 1 nitrogen and oxygen atoms in total. The van der Waals surface area contributed by atoms with Gasteiger partial charge in [0.05, 0.1) is 15.6 Å². The third kappa shape index (κ3) is 2.44. The zero-order valence-electron chi connectivity index (χ0n) is 9.58. The highest BCUT2D eigenvalue weighted by atomic mass is 35.5. The van der Waals surface area contributed by atoms with Crippen LogP contribution in [0.2, 0.25) is 5.02 Å². The van der Waals surface area contributed by atoms with Gasteiger partial charge in [-0.05, 0) is 23.9 Å². The van der Waals surface area contributed by atoms with E-state index in [9.17, 15) is 5.26 Å². The topological polar surface area (TPSA) is 23.8 Å². The van der Waals surface area contributed by atoms with Crippen LogP contribution in [0.25, 0.3) is 10.6 Å². The molecule has 0 atom stereocenters. The van der Waals surface area contributed by atoms with Crippen LogP contribution in [-0.4, -0.2) is 0 Å². The number of allylic oxidation sites excluding steroid dienone is 1. The Kier molecular flexibility index (Phi) is 4.08. The summed E-state index contributed by atoms with van der Waals surface area (Å²) in [6, 6.07) is 11.5. The fraction of sp³-hybridized carbons (Fsp3) is 0.0714. The molecule has 1 heterocycles. The second kappa shape index (κ2) is 5.58. The second-order valence-corrected chi connectivity index (χ2v) is 5.42. The fourth-order valence-corrected chi connectivity index (χ4v) is 2.94. The van der Waals surface area contributed by atoms with E-state index in [1.54, 1.807) is 0 Å². The number of nitriles is 1. The number of hydrogen-bond acceptors (Lipinski definition) is 2. The summed E-state index contributed by atoms with van der Waals surface area (Å²) >= 11 is 14.0. The Morgan fingerprint density at radius 2 is 2.06 bits per heavy atom. The molecule has 0 saturated carbocycles. The maximum atomic E-state index is 9.26. The van der Waals surface area contributed by atoms with Crippen molar-refractivity contribution in [3.8, 4) is 6.07 Å². The van der Waals surface area contributed by atoms with Gasteiger partial charge in [-0.25, -0.2) is 0 Å². The Morgan fingerprint density at radius 3 is 2.67 bits per heavy atom. The molecule has 0 aliphatic carbocycles. The summed E-state index contributed by atoms with van der Waals surface area (Å²) in [6.07, 6.45) is 0. The minimum atomic E-state index is 0.397. The molecule has 0 fully saturated rings. The molecule has 0 bridgehead atoms. The Hall–Kier alpha value is -1.27. The molecule has 0 saturated heterocycles. The van der Waals surface area contributed by atoms with Crippen molar-refractivity contribution in [2.75, 3.05) is 0 Å². The van der Waals surface area contributed by atoms with Gasteiger partial charge in [0, 0.05) is 10.4 Å². The predicted molar refractivity (Wildman–Crippen MR) is 78.8 cm³/mol.